The molecule has 2 aromatic rings. The molecule has 1 atom stereocenters. The average molecular weight is 349 g/mol. The molecule has 0 fully saturated rings. The third-order valence-corrected chi connectivity index (χ3v) is 3.22. The highest BCUT2D eigenvalue weighted by Gasteiger charge is 2.34. The summed E-state index contributed by atoms with van der Waals surface area (Å²) in [6.07, 6.45) is -1.62. The molecule has 0 radical (unpaired) electrons. The summed E-state index contributed by atoms with van der Waals surface area (Å²) in [6, 6.07) is 3.56. The molecule has 1 N–H and O–H groups in total. The second-order valence-corrected chi connectivity index (χ2v) is 5.23. The molecule has 0 aliphatic rings. The molecule has 0 saturated heterocycles. The maximum Gasteiger partial charge on any atom is 0.418 e. The van der Waals surface area contributed by atoms with E-state index in [4.69, 9.17) is 16.3 Å². The highest BCUT2D eigenvalue weighted by molar-refractivity contribution is 6.30. The van der Waals surface area contributed by atoms with E-state index in [0.29, 0.717) is 6.61 Å². The van der Waals surface area contributed by atoms with Gasteiger partial charge in [0.2, 0.25) is 0 Å². The van der Waals surface area contributed by atoms with Crippen molar-refractivity contribution >= 4 is 17.3 Å². The van der Waals surface area contributed by atoms with Gasteiger partial charge in [-0.05, 0) is 24.6 Å². The molecule has 0 spiro atoms. The predicted molar refractivity (Wildman–Crippen MR) is 80.2 cm³/mol. The lowest BCUT2D eigenvalue weighted by Gasteiger charge is -2.22. The van der Waals surface area contributed by atoms with Gasteiger partial charge in [-0.15, -0.1) is 0 Å². The molecule has 1 heterocycles. The molecule has 5 nitrogen and oxygen atoms in total. The molecule has 0 aliphatic carbocycles. The summed E-state index contributed by atoms with van der Waals surface area (Å²) < 4.78 is 46.3. The first kappa shape index (κ1) is 17.6. The summed E-state index contributed by atoms with van der Waals surface area (Å²) in [5.74, 6) is 0. The fourth-order valence-corrected chi connectivity index (χ4v) is 2.13. The maximum absolute atomic E-state index is 13.2. The van der Waals surface area contributed by atoms with Crippen LogP contribution in [0.15, 0.2) is 30.9 Å². The summed E-state index contributed by atoms with van der Waals surface area (Å²) in [6.45, 7) is 2.59. The lowest BCUT2D eigenvalue weighted by Crippen LogP contribution is -2.25. The van der Waals surface area contributed by atoms with E-state index in [1.807, 2.05) is 6.92 Å². The third kappa shape index (κ3) is 4.84. The van der Waals surface area contributed by atoms with Crippen molar-refractivity contribution < 1.29 is 17.9 Å². The number of hydrogen-bond acceptors (Lipinski definition) is 4. The van der Waals surface area contributed by atoms with Crippen LogP contribution in [0, 0.1) is 0 Å². The number of hydrogen-bond donors (Lipinski definition) is 1. The van der Waals surface area contributed by atoms with E-state index in [9.17, 15) is 13.2 Å². The van der Waals surface area contributed by atoms with Crippen molar-refractivity contribution in [3.8, 4) is 0 Å². The Morgan fingerprint density at radius 1 is 1.39 bits per heavy atom. The Bertz CT molecular complexity index is 619. The van der Waals surface area contributed by atoms with Gasteiger partial charge in [0, 0.05) is 17.3 Å². The molecule has 23 heavy (non-hydrogen) atoms. The van der Waals surface area contributed by atoms with E-state index in [1.54, 1.807) is 0 Å². The summed E-state index contributed by atoms with van der Waals surface area (Å²) in [5.41, 5.74) is -0.937. The van der Waals surface area contributed by atoms with Crippen LogP contribution in [0.25, 0.3) is 0 Å². The Morgan fingerprint density at radius 3 is 2.78 bits per heavy atom. The SMILES string of the molecule is CCCOCC(Nc1ccc(Cl)cc1C(F)(F)F)n1cncn1. The van der Waals surface area contributed by atoms with Crippen LogP contribution in [-0.2, 0) is 10.9 Å². The smallest absolute Gasteiger partial charge is 0.377 e. The number of halogens is 4. The van der Waals surface area contributed by atoms with E-state index >= 15 is 0 Å². The molecule has 1 unspecified atom stereocenters. The molecule has 126 valence electrons. The van der Waals surface area contributed by atoms with Gasteiger partial charge in [-0.2, -0.15) is 18.3 Å². The Morgan fingerprint density at radius 2 is 2.17 bits per heavy atom. The zero-order chi connectivity index (χ0) is 16.9. The number of alkyl halides is 3. The Kier molecular flexibility index (Phi) is 5.84. The van der Waals surface area contributed by atoms with Crippen LogP contribution in [-0.4, -0.2) is 28.0 Å². The quantitative estimate of drug-likeness (QED) is 0.769. The summed E-state index contributed by atoms with van der Waals surface area (Å²) in [4.78, 5) is 3.81. The lowest BCUT2D eigenvalue weighted by atomic mass is 10.1. The number of rotatable bonds is 7. The molecule has 1 aromatic heterocycles. The molecule has 0 amide bonds. The molecule has 0 saturated carbocycles. The van der Waals surface area contributed by atoms with E-state index in [1.165, 1.54) is 29.5 Å². The van der Waals surface area contributed by atoms with E-state index in [-0.39, 0.29) is 17.3 Å². The Labute approximate surface area is 136 Å². The van der Waals surface area contributed by atoms with Crippen molar-refractivity contribution in [3.05, 3.63) is 41.4 Å². The minimum absolute atomic E-state index is 0.0161. The van der Waals surface area contributed by atoms with Gasteiger partial charge >= 0.3 is 6.18 Å². The van der Waals surface area contributed by atoms with Gasteiger partial charge in [-0.1, -0.05) is 18.5 Å². The van der Waals surface area contributed by atoms with Crippen LogP contribution in [0.4, 0.5) is 18.9 Å². The fourth-order valence-electron chi connectivity index (χ4n) is 1.96. The molecular weight excluding hydrogens is 333 g/mol. The van der Waals surface area contributed by atoms with E-state index in [0.717, 1.165) is 12.5 Å². The summed E-state index contributed by atoms with van der Waals surface area (Å²) in [5, 5.41) is 6.77. The number of nitrogens with one attached hydrogen (secondary N) is 1. The highest BCUT2D eigenvalue weighted by atomic mass is 35.5. The Balaban J connectivity index is 2.25. The molecule has 1 aromatic carbocycles. The van der Waals surface area contributed by atoms with Crippen LogP contribution in [0.5, 0.6) is 0 Å². The van der Waals surface area contributed by atoms with Crippen LogP contribution in [0.1, 0.15) is 25.1 Å². The van der Waals surface area contributed by atoms with Crippen molar-refractivity contribution in [3.63, 3.8) is 0 Å². The van der Waals surface area contributed by atoms with Crippen molar-refractivity contribution in [2.24, 2.45) is 0 Å². The normalized spacial score (nSPS) is 13.1. The average Bonchev–Trinajstić information content (AvgIpc) is 3.01. The molecule has 0 aliphatic heterocycles. The Hall–Kier alpha value is -1.80. The van der Waals surface area contributed by atoms with Gasteiger partial charge in [0.15, 0.2) is 0 Å². The van der Waals surface area contributed by atoms with Gasteiger partial charge in [0.05, 0.1) is 12.2 Å². The molecular formula is C14H16ClF3N4O. The number of benzene rings is 1. The van der Waals surface area contributed by atoms with E-state index in [2.05, 4.69) is 15.4 Å². The number of aromatic nitrogens is 3. The monoisotopic (exact) mass is 348 g/mol. The zero-order valence-electron chi connectivity index (χ0n) is 12.3. The van der Waals surface area contributed by atoms with Crippen molar-refractivity contribution in [2.45, 2.75) is 25.7 Å². The van der Waals surface area contributed by atoms with Crippen LogP contribution < -0.4 is 5.32 Å². The van der Waals surface area contributed by atoms with Gasteiger partial charge in [-0.3, -0.25) is 0 Å². The van der Waals surface area contributed by atoms with Gasteiger partial charge in [-0.25, -0.2) is 9.67 Å². The topological polar surface area (TPSA) is 52.0 Å². The summed E-state index contributed by atoms with van der Waals surface area (Å²) >= 11 is 5.68. The second kappa shape index (κ2) is 7.65. The van der Waals surface area contributed by atoms with Crippen LogP contribution in [0.2, 0.25) is 5.02 Å². The fraction of sp³-hybridized carbons (Fsp3) is 0.429. The molecule has 0 bridgehead atoms. The first-order chi connectivity index (χ1) is 10.9. The number of nitrogens with zero attached hydrogens (tertiary/aromatic N) is 3. The minimum Gasteiger partial charge on any atom is -0.377 e. The second-order valence-electron chi connectivity index (χ2n) is 4.80. The van der Waals surface area contributed by atoms with Gasteiger partial charge in [0.25, 0.3) is 0 Å². The standard InChI is InChI=1S/C14H16ClF3N4O/c1-2-5-23-7-13(22-9-19-8-20-22)21-12-4-3-10(15)6-11(12)14(16,17)18/h3-4,6,8-9,13,21H,2,5,7H2,1H3. The van der Waals surface area contributed by atoms with Gasteiger partial charge < -0.3 is 10.1 Å². The zero-order valence-corrected chi connectivity index (χ0v) is 13.1. The largest absolute Gasteiger partial charge is 0.418 e. The third-order valence-electron chi connectivity index (χ3n) is 2.99. The molecule has 2 rings (SSSR count). The van der Waals surface area contributed by atoms with Crippen LogP contribution >= 0.6 is 11.6 Å². The predicted octanol–water partition coefficient (Wildman–Crippen LogP) is 3.99. The van der Waals surface area contributed by atoms with Crippen molar-refractivity contribution in [1.82, 2.24) is 14.8 Å². The minimum atomic E-state index is -4.52. The van der Waals surface area contributed by atoms with Gasteiger partial charge in [0.1, 0.15) is 18.8 Å². The highest BCUT2D eigenvalue weighted by Crippen LogP contribution is 2.37. The van der Waals surface area contributed by atoms with Crippen molar-refractivity contribution in [1.29, 1.82) is 0 Å². The number of anilines is 1. The maximum atomic E-state index is 13.2. The summed E-state index contributed by atoms with van der Waals surface area (Å²) in [7, 11) is 0. The van der Waals surface area contributed by atoms with Crippen molar-refractivity contribution in [2.75, 3.05) is 18.5 Å². The van der Waals surface area contributed by atoms with E-state index < -0.39 is 17.9 Å². The van der Waals surface area contributed by atoms with Crippen LogP contribution in [0.3, 0.4) is 0 Å². The lowest BCUT2D eigenvalue weighted by molar-refractivity contribution is -0.137. The first-order valence-electron chi connectivity index (χ1n) is 6.97. The first-order valence-corrected chi connectivity index (χ1v) is 7.34. The molecule has 9 heteroatoms. The number of ether oxygens (including phenoxy) is 1.